The highest BCUT2D eigenvalue weighted by Crippen LogP contribution is 2.24. The molecule has 5 heterocycles. The average Bonchev–Trinajstić information content (AvgIpc) is 3.29. The molecule has 8 nitrogen and oxygen atoms in total. The number of hydrogen-bond donors (Lipinski definition) is 1. The smallest absolute Gasteiger partial charge is 0.258 e. The van der Waals surface area contributed by atoms with E-state index in [4.69, 9.17) is 0 Å². The summed E-state index contributed by atoms with van der Waals surface area (Å²) in [5.41, 5.74) is 3.49. The zero-order chi connectivity index (χ0) is 21.9. The van der Waals surface area contributed by atoms with E-state index in [2.05, 4.69) is 20.4 Å². The molecule has 1 fully saturated rings. The minimum absolute atomic E-state index is 0.0310. The summed E-state index contributed by atoms with van der Waals surface area (Å²) < 4.78 is 1.77. The lowest BCUT2D eigenvalue weighted by atomic mass is 10.1. The number of amides is 2. The van der Waals surface area contributed by atoms with Gasteiger partial charge in [-0.2, -0.15) is 5.10 Å². The Morgan fingerprint density at radius 3 is 2.53 bits per heavy atom. The lowest BCUT2D eigenvalue weighted by Crippen LogP contribution is -2.35. The largest absolute Gasteiger partial charge is 0.339 e. The molecule has 0 aliphatic carbocycles. The minimum atomic E-state index is -0.270. The molecule has 1 saturated heterocycles. The van der Waals surface area contributed by atoms with E-state index in [1.165, 1.54) is 12.6 Å². The highest BCUT2D eigenvalue weighted by Gasteiger charge is 2.22. The third-order valence-corrected chi connectivity index (χ3v) is 5.64. The Morgan fingerprint density at radius 2 is 1.78 bits per heavy atom. The molecule has 0 spiro atoms. The normalized spacial score (nSPS) is 13.8. The van der Waals surface area contributed by atoms with E-state index in [0.29, 0.717) is 16.9 Å². The van der Waals surface area contributed by atoms with Gasteiger partial charge in [0.2, 0.25) is 0 Å². The zero-order valence-electron chi connectivity index (χ0n) is 17.4. The maximum atomic E-state index is 13.0. The molecule has 0 radical (unpaired) electrons. The second-order valence-corrected chi connectivity index (χ2v) is 7.75. The van der Waals surface area contributed by atoms with Crippen molar-refractivity contribution in [3.05, 3.63) is 78.4 Å². The van der Waals surface area contributed by atoms with Crippen LogP contribution in [0.2, 0.25) is 0 Å². The Labute approximate surface area is 184 Å². The third-order valence-electron chi connectivity index (χ3n) is 5.64. The number of carbonyl (C=O) groups excluding carboxylic acids is 2. The molecule has 0 saturated carbocycles. The first-order valence-corrected chi connectivity index (χ1v) is 10.6. The van der Waals surface area contributed by atoms with Gasteiger partial charge in [-0.15, -0.1) is 0 Å². The quantitative estimate of drug-likeness (QED) is 0.538. The van der Waals surface area contributed by atoms with Crippen molar-refractivity contribution in [2.75, 3.05) is 18.4 Å². The van der Waals surface area contributed by atoms with E-state index in [0.717, 1.165) is 42.7 Å². The molecule has 0 aromatic carbocycles. The number of piperidine rings is 1. The number of pyridine rings is 3. The van der Waals surface area contributed by atoms with Crippen LogP contribution < -0.4 is 5.32 Å². The van der Waals surface area contributed by atoms with E-state index < -0.39 is 0 Å². The van der Waals surface area contributed by atoms with Gasteiger partial charge in [-0.1, -0.05) is 6.07 Å². The number of aromatic nitrogens is 4. The Balaban J connectivity index is 1.39. The Bertz CT molecular complexity index is 1260. The fourth-order valence-electron chi connectivity index (χ4n) is 3.97. The van der Waals surface area contributed by atoms with Gasteiger partial charge in [-0.3, -0.25) is 14.6 Å². The van der Waals surface area contributed by atoms with Gasteiger partial charge in [0.15, 0.2) is 0 Å². The second kappa shape index (κ2) is 8.58. The molecular formula is C24H22N6O2. The highest BCUT2D eigenvalue weighted by atomic mass is 16.2. The molecular weight excluding hydrogens is 404 g/mol. The van der Waals surface area contributed by atoms with E-state index in [1.807, 2.05) is 29.2 Å². The summed E-state index contributed by atoms with van der Waals surface area (Å²) in [5.74, 6) is 0.202. The van der Waals surface area contributed by atoms with Crippen LogP contribution in [0, 0.1) is 0 Å². The molecule has 1 N–H and O–H groups in total. The van der Waals surface area contributed by atoms with Crippen molar-refractivity contribution in [2.24, 2.45) is 0 Å². The fraction of sp³-hybridized carbons (Fsp3) is 0.208. The van der Waals surface area contributed by atoms with Crippen molar-refractivity contribution >= 4 is 23.1 Å². The van der Waals surface area contributed by atoms with Crippen molar-refractivity contribution in [3.8, 4) is 11.3 Å². The first-order chi connectivity index (χ1) is 15.7. The van der Waals surface area contributed by atoms with Crippen molar-refractivity contribution in [1.29, 1.82) is 0 Å². The fourth-order valence-corrected chi connectivity index (χ4v) is 3.97. The van der Waals surface area contributed by atoms with Gasteiger partial charge in [0.1, 0.15) is 5.82 Å². The number of carbonyl (C=O) groups is 2. The Hall–Kier alpha value is -4.07. The van der Waals surface area contributed by atoms with Gasteiger partial charge in [-0.05, 0) is 55.7 Å². The van der Waals surface area contributed by atoms with Crippen LogP contribution in [0.4, 0.5) is 5.82 Å². The number of nitrogens with zero attached hydrogens (tertiary/aromatic N) is 5. The van der Waals surface area contributed by atoms with Gasteiger partial charge >= 0.3 is 0 Å². The van der Waals surface area contributed by atoms with Crippen molar-refractivity contribution in [1.82, 2.24) is 24.5 Å². The predicted molar refractivity (Wildman–Crippen MR) is 120 cm³/mol. The van der Waals surface area contributed by atoms with E-state index in [1.54, 1.807) is 41.3 Å². The van der Waals surface area contributed by atoms with Gasteiger partial charge in [-0.25, -0.2) is 9.50 Å². The second-order valence-electron chi connectivity index (χ2n) is 7.75. The first kappa shape index (κ1) is 19.9. The van der Waals surface area contributed by atoms with E-state index in [-0.39, 0.29) is 11.8 Å². The summed E-state index contributed by atoms with van der Waals surface area (Å²) in [4.78, 5) is 35.5. The van der Waals surface area contributed by atoms with Crippen LogP contribution in [-0.2, 0) is 0 Å². The van der Waals surface area contributed by atoms with Gasteiger partial charge in [0.25, 0.3) is 11.8 Å². The molecule has 32 heavy (non-hydrogen) atoms. The molecule has 4 aromatic heterocycles. The maximum absolute atomic E-state index is 13.0. The molecule has 1 aliphatic rings. The van der Waals surface area contributed by atoms with E-state index in [9.17, 15) is 9.59 Å². The highest BCUT2D eigenvalue weighted by molar-refractivity contribution is 6.03. The molecule has 2 amide bonds. The summed E-state index contributed by atoms with van der Waals surface area (Å²) in [7, 11) is 0. The molecule has 0 bridgehead atoms. The van der Waals surface area contributed by atoms with Gasteiger partial charge < -0.3 is 10.2 Å². The molecule has 8 heteroatoms. The lowest BCUT2D eigenvalue weighted by molar-refractivity contribution is 0.0726. The van der Waals surface area contributed by atoms with Gasteiger partial charge in [0.05, 0.1) is 28.5 Å². The van der Waals surface area contributed by atoms with Crippen LogP contribution in [0.5, 0.6) is 0 Å². The van der Waals surface area contributed by atoms with Gasteiger partial charge in [0, 0.05) is 37.2 Å². The molecule has 4 aromatic rings. The molecule has 160 valence electrons. The number of hydrogen-bond acceptors (Lipinski definition) is 5. The summed E-state index contributed by atoms with van der Waals surface area (Å²) >= 11 is 0. The molecule has 1 aliphatic heterocycles. The van der Waals surface area contributed by atoms with Crippen LogP contribution in [-0.4, -0.2) is 49.4 Å². The maximum Gasteiger partial charge on any atom is 0.258 e. The lowest BCUT2D eigenvalue weighted by Gasteiger charge is -2.26. The zero-order valence-corrected chi connectivity index (χ0v) is 17.4. The Morgan fingerprint density at radius 1 is 0.906 bits per heavy atom. The third kappa shape index (κ3) is 3.82. The number of nitrogens with one attached hydrogen (secondary N) is 1. The monoisotopic (exact) mass is 426 g/mol. The first-order valence-electron chi connectivity index (χ1n) is 10.6. The van der Waals surface area contributed by atoms with Crippen LogP contribution in [0.3, 0.4) is 0 Å². The molecule has 0 atom stereocenters. The average molecular weight is 426 g/mol. The summed E-state index contributed by atoms with van der Waals surface area (Å²) in [6.45, 7) is 1.60. The van der Waals surface area contributed by atoms with E-state index >= 15 is 0 Å². The Kier molecular flexibility index (Phi) is 5.33. The van der Waals surface area contributed by atoms with Crippen molar-refractivity contribution < 1.29 is 9.59 Å². The summed E-state index contributed by atoms with van der Waals surface area (Å²) in [5, 5.41) is 7.25. The SMILES string of the molecule is O=C(Nc1ccc(-c2cccc3c(C(=O)N4CCCCC4)cnn23)cn1)c1cccnc1. The number of rotatable bonds is 4. The topological polar surface area (TPSA) is 92.5 Å². The van der Waals surface area contributed by atoms with Crippen LogP contribution >= 0.6 is 0 Å². The van der Waals surface area contributed by atoms with Crippen LogP contribution in [0.15, 0.2) is 67.3 Å². The summed E-state index contributed by atoms with van der Waals surface area (Å²) in [6, 6.07) is 12.8. The van der Waals surface area contributed by atoms with Crippen molar-refractivity contribution in [3.63, 3.8) is 0 Å². The molecule has 5 rings (SSSR count). The number of likely N-dealkylation sites (tertiary alicyclic amines) is 1. The van der Waals surface area contributed by atoms with Crippen molar-refractivity contribution in [2.45, 2.75) is 19.3 Å². The standard InChI is InChI=1S/C24H22N6O2/c31-23(18-6-5-11-25-14-18)28-22-10-9-17(15-26-22)20-7-4-8-21-19(16-27-30(20)21)24(32)29-12-2-1-3-13-29/h4-11,14-16H,1-3,12-13H2,(H,26,28,31). The number of fused-ring (bicyclic) bond motifs is 1. The summed E-state index contributed by atoms with van der Waals surface area (Å²) in [6.07, 6.45) is 9.72. The molecule has 0 unspecified atom stereocenters. The van der Waals surface area contributed by atoms with Crippen LogP contribution in [0.1, 0.15) is 40.0 Å². The number of anilines is 1. The van der Waals surface area contributed by atoms with Crippen LogP contribution in [0.25, 0.3) is 16.8 Å². The minimum Gasteiger partial charge on any atom is -0.339 e. The predicted octanol–water partition coefficient (Wildman–Crippen LogP) is 3.67.